The van der Waals surface area contributed by atoms with Gasteiger partial charge in [-0.25, -0.2) is 12.8 Å². The van der Waals surface area contributed by atoms with E-state index < -0.39 is 15.7 Å². The van der Waals surface area contributed by atoms with Crippen LogP contribution in [0.1, 0.15) is 25.3 Å². The quantitative estimate of drug-likeness (QED) is 0.760. The van der Waals surface area contributed by atoms with Gasteiger partial charge in [0.25, 0.3) is 0 Å². The predicted octanol–water partition coefficient (Wildman–Crippen LogP) is 2.35. The third kappa shape index (κ3) is 2.54. The topological polar surface area (TPSA) is 34.1 Å². The molecule has 0 saturated carbocycles. The molecule has 0 fully saturated rings. The Hall–Kier alpha value is -0.900. The van der Waals surface area contributed by atoms with Crippen molar-refractivity contribution in [2.75, 3.05) is 6.26 Å². The summed E-state index contributed by atoms with van der Waals surface area (Å²) in [5.74, 6) is -0.386. The molecule has 0 heterocycles. The zero-order chi connectivity index (χ0) is 10.9. The van der Waals surface area contributed by atoms with Gasteiger partial charge in [-0.15, -0.1) is 0 Å². The highest BCUT2D eigenvalue weighted by molar-refractivity contribution is 7.90. The Bertz CT molecular complexity index is 435. The van der Waals surface area contributed by atoms with Gasteiger partial charge >= 0.3 is 0 Å². The van der Waals surface area contributed by atoms with Crippen molar-refractivity contribution in [2.24, 2.45) is 0 Å². The van der Waals surface area contributed by atoms with E-state index in [4.69, 9.17) is 0 Å². The largest absolute Gasteiger partial charge is 0.224 e. The Morgan fingerprint density at radius 1 is 1.21 bits per heavy atom. The molecule has 1 rings (SSSR count). The highest BCUT2D eigenvalue weighted by atomic mass is 32.2. The molecule has 14 heavy (non-hydrogen) atoms. The van der Waals surface area contributed by atoms with Crippen molar-refractivity contribution < 1.29 is 12.8 Å². The van der Waals surface area contributed by atoms with E-state index in [1.54, 1.807) is 0 Å². The summed E-state index contributed by atoms with van der Waals surface area (Å²) < 4.78 is 35.4. The maximum atomic E-state index is 13.1. The Labute approximate surface area is 83.7 Å². The molecule has 0 bridgehead atoms. The average Bonchev–Trinajstić information content (AvgIpc) is 2.01. The normalized spacial score (nSPS) is 12.1. The minimum atomic E-state index is -3.32. The van der Waals surface area contributed by atoms with Gasteiger partial charge in [-0.2, -0.15) is 0 Å². The molecular formula is C10H13FO2S. The summed E-state index contributed by atoms with van der Waals surface area (Å²) in [7, 11) is -3.32. The minimum absolute atomic E-state index is 0.0428. The van der Waals surface area contributed by atoms with Crippen LogP contribution in [0.5, 0.6) is 0 Å². The van der Waals surface area contributed by atoms with Gasteiger partial charge in [-0.1, -0.05) is 13.8 Å². The van der Waals surface area contributed by atoms with E-state index >= 15 is 0 Å². The maximum Gasteiger partial charge on any atom is 0.175 e. The summed E-state index contributed by atoms with van der Waals surface area (Å²) >= 11 is 0. The summed E-state index contributed by atoms with van der Waals surface area (Å²) in [6.45, 7) is 3.78. The predicted molar refractivity (Wildman–Crippen MR) is 53.6 cm³/mol. The molecule has 1 aromatic rings. The molecule has 78 valence electrons. The van der Waals surface area contributed by atoms with Crippen LogP contribution in [0.2, 0.25) is 0 Å². The van der Waals surface area contributed by atoms with Crippen molar-refractivity contribution in [3.8, 4) is 0 Å². The second kappa shape index (κ2) is 3.69. The van der Waals surface area contributed by atoms with E-state index in [0.29, 0.717) is 5.56 Å². The van der Waals surface area contributed by atoms with Crippen LogP contribution in [0.4, 0.5) is 4.39 Å². The second-order valence-corrected chi connectivity index (χ2v) is 5.66. The zero-order valence-corrected chi connectivity index (χ0v) is 9.23. The van der Waals surface area contributed by atoms with Crippen molar-refractivity contribution in [1.82, 2.24) is 0 Å². The fourth-order valence-corrected chi connectivity index (χ4v) is 1.81. The van der Waals surface area contributed by atoms with Crippen LogP contribution in [-0.2, 0) is 9.84 Å². The highest BCUT2D eigenvalue weighted by Gasteiger charge is 2.11. The average molecular weight is 216 g/mol. The molecule has 2 nitrogen and oxygen atoms in total. The van der Waals surface area contributed by atoms with Gasteiger partial charge in [0, 0.05) is 6.26 Å². The lowest BCUT2D eigenvalue weighted by molar-refractivity contribution is 0.594. The van der Waals surface area contributed by atoms with Crippen LogP contribution < -0.4 is 0 Å². The molecule has 0 radical (unpaired) electrons. The van der Waals surface area contributed by atoms with E-state index in [9.17, 15) is 12.8 Å². The molecule has 0 saturated heterocycles. The van der Waals surface area contributed by atoms with Gasteiger partial charge in [-0.3, -0.25) is 0 Å². The molecule has 1 aromatic carbocycles. The molecule has 0 amide bonds. The molecule has 0 spiro atoms. The van der Waals surface area contributed by atoms with E-state index in [0.717, 1.165) is 12.3 Å². The number of rotatable bonds is 2. The van der Waals surface area contributed by atoms with Crippen LogP contribution >= 0.6 is 0 Å². The summed E-state index contributed by atoms with van der Waals surface area (Å²) in [6, 6.07) is 3.92. The third-order valence-electron chi connectivity index (χ3n) is 1.99. The first-order valence-electron chi connectivity index (χ1n) is 4.31. The first-order valence-corrected chi connectivity index (χ1v) is 6.20. The van der Waals surface area contributed by atoms with Crippen LogP contribution in [-0.4, -0.2) is 14.7 Å². The van der Waals surface area contributed by atoms with E-state index in [1.165, 1.54) is 12.1 Å². The lowest BCUT2D eigenvalue weighted by atomic mass is 10.0. The lowest BCUT2D eigenvalue weighted by Crippen LogP contribution is -2.00. The Kier molecular flexibility index (Phi) is 2.95. The Morgan fingerprint density at radius 2 is 1.79 bits per heavy atom. The van der Waals surface area contributed by atoms with Crippen LogP contribution in [0.3, 0.4) is 0 Å². The van der Waals surface area contributed by atoms with Gasteiger partial charge in [0.1, 0.15) is 5.82 Å². The van der Waals surface area contributed by atoms with Gasteiger partial charge < -0.3 is 0 Å². The van der Waals surface area contributed by atoms with Gasteiger partial charge in [0.2, 0.25) is 0 Å². The van der Waals surface area contributed by atoms with Crippen LogP contribution in [0.25, 0.3) is 0 Å². The molecule has 4 heteroatoms. The number of hydrogen-bond acceptors (Lipinski definition) is 2. The van der Waals surface area contributed by atoms with Crippen molar-refractivity contribution in [3.05, 3.63) is 29.6 Å². The molecule has 0 aromatic heterocycles. The first-order chi connectivity index (χ1) is 6.30. The first kappa shape index (κ1) is 11.2. The fourth-order valence-electron chi connectivity index (χ4n) is 1.13. The molecule has 0 unspecified atom stereocenters. The summed E-state index contributed by atoms with van der Waals surface area (Å²) in [6.07, 6.45) is 1.08. The fraction of sp³-hybridized carbons (Fsp3) is 0.400. The molecular weight excluding hydrogens is 203 g/mol. The zero-order valence-electron chi connectivity index (χ0n) is 8.41. The Morgan fingerprint density at radius 3 is 2.21 bits per heavy atom. The molecule has 0 aliphatic rings. The molecule has 0 atom stereocenters. The van der Waals surface area contributed by atoms with Crippen LogP contribution in [0.15, 0.2) is 23.1 Å². The van der Waals surface area contributed by atoms with Crippen molar-refractivity contribution in [3.63, 3.8) is 0 Å². The number of halogens is 1. The van der Waals surface area contributed by atoms with E-state index in [1.807, 2.05) is 13.8 Å². The number of hydrogen-bond donors (Lipinski definition) is 0. The third-order valence-corrected chi connectivity index (χ3v) is 3.08. The highest BCUT2D eigenvalue weighted by Crippen LogP contribution is 2.20. The minimum Gasteiger partial charge on any atom is -0.224 e. The smallest absolute Gasteiger partial charge is 0.175 e. The monoisotopic (exact) mass is 216 g/mol. The molecule has 0 aliphatic heterocycles. The van der Waals surface area contributed by atoms with Crippen molar-refractivity contribution in [2.45, 2.75) is 24.7 Å². The molecule has 0 aliphatic carbocycles. The van der Waals surface area contributed by atoms with Crippen molar-refractivity contribution in [1.29, 1.82) is 0 Å². The number of benzene rings is 1. The lowest BCUT2D eigenvalue weighted by Gasteiger charge is -2.07. The SMILES string of the molecule is CC(C)c1cc(F)cc(S(C)(=O)=O)c1. The maximum absolute atomic E-state index is 13.1. The number of sulfone groups is 1. The second-order valence-electron chi connectivity index (χ2n) is 3.65. The van der Waals surface area contributed by atoms with Gasteiger partial charge in [-0.05, 0) is 29.7 Å². The van der Waals surface area contributed by atoms with Crippen LogP contribution in [0, 0.1) is 5.82 Å². The summed E-state index contributed by atoms with van der Waals surface area (Å²) in [5.41, 5.74) is 0.699. The van der Waals surface area contributed by atoms with Gasteiger partial charge in [0.05, 0.1) is 4.90 Å². The summed E-state index contributed by atoms with van der Waals surface area (Å²) in [5, 5.41) is 0. The van der Waals surface area contributed by atoms with Gasteiger partial charge in [0.15, 0.2) is 9.84 Å². The van der Waals surface area contributed by atoms with Crippen molar-refractivity contribution >= 4 is 9.84 Å². The summed E-state index contributed by atoms with van der Waals surface area (Å²) in [4.78, 5) is 0.0428. The standard InChI is InChI=1S/C10H13FO2S/c1-7(2)8-4-9(11)6-10(5-8)14(3,12)13/h4-7H,1-3H3. The molecule has 0 N–H and O–H groups in total. The Balaban J connectivity index is 3.35. The van der Waals surface area contributed by atoms with E-state index in [-0.39, 0.29) is 10.8 Å². The van der Waals surface area contributed by atoms with E-state index in [2.05, 4.69) is 0 Å².